The molecular weight excluding hydrogens is 409 g/mol. The maximum atomic E-state index is 13.4. The molecule has 0 aliphatic carbocycles. The maximum absolute atomic E-state index is 13.4. The van der Waals surface area contributed by atoms with Crippen LogP contribution >= 0.6 is 0 Å². The van der Waals surface area contributed by atoms with Crippen LogP contribution in [0.25, 0.3) is 0 Å². The highest BCUT2D eigenvalue weighted by Crippen LogP contribution is 2.29. The smallest absolute Gasteiger partial charge is 0.243 e. The first kappa shape index (κ1) is 24.3. The second kappa shape index (κ2) is 10.5. The van der Waals surface area contributed by atoms with Crippen molar-refractivity contribution in [3.05, 3.63) is 47.4 Å². The highest BCUT2D eigenvalue weighted by atomic mass is 19.1. The van der Waals surface area contributed by atoms with E-state index in [1.54, 1.807) is 12.1 Å². The van der Waals surface area contributed by atoms with E-state index in [1.165, 1.54) is 12.1 Å². The van der Waals surface area contributed by atoms with Crippen LogP contribution in [0.1, 0.15) is 70.4 Å². The van der Waals surface area contributed by atoms with Crippen molar-refractivity contribution in [2.45, 2.75) is 59.5 Å². The molecule has 7 nitrogen and oxygen atoms in total. The van der Waals surface area contributed by atoms with Gasteiger partial charge in [0, 0.05) is 32.6 Å². The fourth-order valence-electron chi connectivity index (χ4n) is 4.05. The molecule has 1 aromatic carbocycles. The van der Waals surface area contributed by atoms with E-state index in [0.717, 1.165) is 50.4 Å². The van der Waals surface area contributed by atoms with Gasteiger partial charge in [0.05, 0.1) is 18.6 Å². The molecule has 1 fully saturated rings. The number of nitrogens with zero attached hydrogens (tertiary/aromatic N) is 4. The van der Waals surface area contributed by atoms with E-state index in [-0.39, 0.29) is 29.2 Å². The molecule has 0 spiro atoms. The first-order chi connectivity index (χ1) is 15.1. The maximum Gasteiger partial charge on any atom is 0.243 e. The van der Waals surface area contributed by atoms with Gasteiger partial charge in [0.2, 0.25) is 11.8 Å². The quantitative estimate of drug-likeness (QED) is 0.667. The van der Waals surface area contributed by atoms with Crippen LogP contribution in [-0.4, -0.2) is 58.6 Å². The van der Waals surface area contributed by atoms with Gasteiger partial charge in [-0.1, -0.05) is 45.0 Å². The number of carbonyl (C=O) groups is 1. The molecule has 1 saturated heterocycles. The van der Waals surface area contributed by atoms with E-state index < -0.39 is 0 Å². The van der Waals surface area contributed by atoms with E-state index in [9.17, 15) is 9.18 Å². The lowest BCUT2D eigenvalue weighted by Gasteiger charge is -2.36. The van der Waals surface area contributed by atoms with Gasteiger partial charge in [-0.15, -0.1) is 0 Å². The van der Waals surface area contributed by atoms with Crippen molar-refractivity contribution in [3.8, 4) is 0 Å². The number of halogens is 1. The summed E-state index contributed by atoms with van der Waals surface area (Å²) in [5, 5.41) is 7.17. The first-order valence-electron chi connectivity index (χ1n) is 11.5. The van der Waals surface area contributed by atoms with Gasteiger partial charge in [0.15, 0.2) is 5.82 Å². The SMILES string of the molecule is CCc1noc(C(C)N2CCN(CC(=O)NC(CC(C)(C)C)c3ccc(F)cc3)CC2)n1. The van der Waals surface area contributed by atoms with Crippen LogP contribution in [0.15, 0.2) is 28.8 Å². The van der Waals surface area contributed by atoms with Gasteiger partial charge in [-0.05, 0) is 36.5 Å². The highest BCUT2D eigenvalue weighted by molar-refractivity contribution is 5.78. The summed E-state index contributed by atoms with van der Waals surface area (Å²) in [4.78, 5) is 21.8. The van der Waals surface area contributed by atoms with Crippen LogP contribution in [0, 0.1) is 11.2 Å². The molecule has 0 bridgehead atoms. The van der Waals surface area contributed by atoms with Gasteiger partial charge in [-0.2, -0.15) is 4.98 Å². The molecule has 1 amide bonds. The Labute approximate surface area is 190 Å². The van der Waals surface area contributed by atoms with Gasteiger partial charge in [-0.25, -0.2) is 4.39 Å². The average Bonchev–Trinajstić information content (AvgIpc) is 3.22. The molecule has 2 unspecified atom stereocenters. The summed E-state index contributed by atoms with van der Waals surface area (Å²) in [5.41, 5.74) is 0.958. The number of amides is 1. The first-order valence-corrected chi connectivity index (χ1v) is 11.5. The number of hydrogen-bond donors (Lipinski definition) is 1. The average molecular weight is 446 g/mol. The van der Waals surface area contributed by atoms with Crippen molar-refractivity contribution >= 4 is 5.91 Å². The Morgan fingerprint density at radius 1 is 1.19 bits per heavy atom. The second-order valence-corrected chi connectivity index (χ2v) is 9.83. The Hall–Kier alpha value is -2.32. The predicted octanol–water partition coefficient (Wildman–Crippen LogP) is 3.74. The standard InChI is InChI=1S/C24H36FN5O2/c1-6-21-27-23(32-28-21)17(2)30-13-11-29(12-14-30)16-22(31)26-20(15-24(3,4)5)18-7-9-19(25)10-8-18/h7-10,17,20H,6,11-16H2,1-5H3,(H,26,31). The van der Waals surface area contributed by atoms with Crippen LogP contribution in [0.3, 0.4) is 0 Å². The molecule has 8 heteroatoms. The van der Waals surface area contributed by atoms with Crippen LogP contribution in [0.4, 0.5) is 4.39 Å². The van der Waals surface area contributed by atoms with Gasteiger partial charge in [0.1, 0.15) is 5.82 Å². The third kappa shape index (κ3) is 6.84. The van der Waals surface area contributed by atoms with Gasteiger partial charge < -0.3 is 9.84 Å². The monoisotopic (exact) mass is 445 g/mol. The molecule has 1 aromatic heterocycles. The topological polar surface area (TPSA) is 74.5 Å². The van der Waals surface area contributed by atoms with E-state index in [1.807, 2.05) is 6.92 Å². The van der Waals surface area contributed by atoms with Crippen molar-refractivity contribution in [1.82, 2.24) is 25.3 Å². The Morgan fingerprint density at radius 2 is 1.84 bits per heavy atom. The number of rotatable bonds is 8. The van der Waals surface area contributed by atoms with Gasteiger partial charge >= 0.3 is 0 Å². The van der Waals surface area contributed by atoms with E-state index in [0.29, 0.717) is 12.4 Å². The lowest BCUT2D eigenvalue weighted by molar-refractivity contribution is -0.123. The summed E-state index contributed by atoms with van der Waals surface area (Å²) in [7, 11) is 0. The number of hydrogen-bond acceptors (Lipinski definition) is 6. The zero-order valence-corrected chi connectivity index (χ0v) is 19.9. The molecule has 2 aromatic rings. The summed E-state index contributed by atoms with van der Waals surface area (Å²) >= 11 is 0. The Morgan fingerprint density at radius 3 is 2.41 bits per heavy atom. The zero-order valence-electron chi connectivity index (χ0n) is 19.9. The molecule has 32 heavy (non-hydrogen) atoms. The second-order valence-electron chi connectivity index (χ2n) is 9.83. The summed E-state index contributed by atoms with van der Waals surface area (Å²) in [5.74, 6) is 1.10. The molecule has 0 saturated carbocycles. The van der Waals surface area contributed by atoms with Crippen LogP contribution < -0.4 is 5.32 Å². The molecule has 2 heterocycles. The van der Waals surface area contributed by atoms with Crippen molar-refractivity contribution in [2.24, 2.45) is 5.41 Å². The summed E-state index contributed by atoms with van der Waals surface area (Å²) < 4.78 is 18.8. The highest BCUT2D eigenvalue weighted by Gasteiger charge is 2.27. The van der Waals surface area contributed by atoms with Gasteiger partial charge in [-0.3, -0.25) is 14.6 Å². The number of nitrogens with one attached hydrogen (secondary N) is 1. The minimum absolute atomic E-state index is 0.00503. The van der Waals surface area contributed by atoms with E-state index in [4.69, 9.17) is 4.52 Å². The fraction of sp³-hybridized carbons (Fsp3) is 0.625. The van der Waals surface area contributed by atoms with E-state index >= 15 is 0 Å². The van der Waals surface area contributed by atoms with Crippen LogP contribution in [0.5, 0.6) is 0 Å². The van der Waals surface area contributed by atoms with Gasteiger partial charge in [0.25, 0.3) is 0 Å². The van der Waals surface area contributed by atoms with Crippen molar-refractivity contribution < 1.29 is 13.7 Å². The molecule has 0 radical (unpaired) electrons. The molecular formula is C24H36FN5O2. The summed E-state index contributed by atoms with van der Waals surface area (Å²) in [6.07, 6.45) is 1.53. The fourth-order valence-corrected chi connectivity index (χ4v) is 4.05. The number of carbonyl (C=O) groups excluding carboxylic acids is 1. The minimum atomic E-state index is -0.270. The molecule has 1 aliphatic heterocycles. The molecule has 3 rings (SSSR count). The Balaban J connectivity index is 1.53. The summed E-state index contributed by atoms with van der Waals surface area (Å²) in [6.45, 7) is 14.1. The lowest BCUT2D eigenvalue weighted by atomic mass is 9.85. The van der Waals surface area contributed by atoms with Crippen LogP contribution in [0.2, 0.25) is 0 Å². The third-order valence-electron chi connectivity index (χ3n) is 5.90. The predicted molar refractivity (Wildman–Crippen MR) is 121 cm³/mol. The normalized spacial score (nSPS) is 17.8. The van der Waals surface area contributed by atoms with Crippen molar-refractivity contribution in [2.75, 3.05) is 32.7 Å². The molecule has 1 aliphatic rings. The minimum Gasteiger partial charge on any atom is -0.348 e. The third-order valence-corrected chi connectivity index (χ3v) is 5.90. The Kier molecular flexibility index (Phi) is 8.00. The Bertz CT molecular complexity index is 869. The summed E-state index contributed by atoms with van der Waals surface area (Å²) in [6, 6.07) is 6.33. The van der Waals surface area contributed by atoms with Crippen LogP contribution in [-0.2, 0) is 11.2 Å². The number of aromatic nitrogens is 2. The van der Waals surface area contributed by atoms with Crippen molar-refractivity contribution in [1.29, 1.82) is 0 Å². The van der Waals surface area contributed by atoms with E-state index in [2.05, 4.69) is 53.0 Å². The molecule has 2 atom stereocenters. The number of benzene rings is 1. The largest absolute Gasteiger partial charge is 0.348 e. The molecule has 1 N–H and O–H groups in total. The lowest BCUT2D eigenvalue weighted by Crippen LogP contribution is -2.50. The van der Waals surface area contributed by atoms with Crippen molar-refractivity contribution in [3.63, 3.8) is 0 Å². The number of aryl methyl sites for hydroxylation is 1. The molecule has 176 valence electrons. The zero-order chi connectivity index (χ0) is 23.3. The number of piperazine rings is 1.